The van der Waals surface area contributed by atoms with E-state index in [0.717, 1.165) is 22.3 Å². The molecule has 4 heteroatoms. The zero-order valence-corrected chi connectivity index (χ0v) is 11.5. The molecule has 17 heavy (non-hydrogen) atoms. The normalized spacial score (nSPS) is 11.9. The van der Waals surface area contributed by atoms with Crippen molar-refractivity contribution in [3.05, 3.63) is 28.2 Å². The topological polar surface area (TPSA) is 47.3 Å². The maximum atomic E-state index is 5.78. The molecule has 3 nitrogen and oxygen atoms in total. The maximum Gasteiger partial charge on any atom is 0.123 e. The Morgan fingerprint density at radius 1 is 1.59 bits per heavy atom. The molecule has 0 aliphatic carbocycles. The molecule has 0 aliphatic heterocycles. The number of methoxy groups -OCH3 is 1. The molecule has 1 aromatic rings. The summed E-state index contributed by atoms with van der Waals surface area (Å²) in [6.07, 6.45) is 5.91. The second kappa shape index (κ2) is 7.33. The van der Waals surface area contributed by atoms with Crippen molar-refractivity contribution in [2.75, 3.05) is 20.2 Å². The molecule has 1 rings (SSSR count). The lowest BCUT2D eigenvalue weighted by molar-refractivity contribution is 0.399. The predicted octanol–water partition coefficient (Wildman–Crippen LogP) is 2.07. The minimum absolute atomic E-state index is 0.0517. The van der Waals surface area contributed by atoms with Gasteiger partial charge < -0.3 is 15.8 Å². The molecule has 0 heterocycles. The molecule has 0 saturated carbocycles. The molecule has 3 N–H and O–H groups in total. The molecule has 0 spiro atoms. The fourth-order valence-electron chi connectivity index (χ4n) is 1.62. The predicted molar refractivity (Wildman–Crippen MR) is 73.9 cm³/mol. The summed E-state index contributed by atoms with van der Waals surface area (Å²) >= 11 is 3.45. The quantitative estimate of drug-likeness (QED) is 0.624. The first kappa shape index (κ1) is 14.0. The second-order valence-corrected chi connectivity index (χ2v) is 4.50. The third kappa shape index (κ3) is 4.04. The van der Waals surface area contributed by atoms with Gasteiger partial charge in [-0.2, -0.15) is 0 Å². The molecule has 0 aromatic heterocycles. The number of hydrogen-bond acceptors (Lipinski definition) is 3. The SMILES string of the molecule is C#CCCNC(CN)c1cc(Br)ccc1OC. The van der Waals surface area contributed by atoms with Crippen molar-refractivity contribution in [1.29, 1.82) is 0 Å². The van der Waals surface area contributed by atoms with E-state index in [1.54, 1.807) is 7.11 Å². The van der Waals surface area contributed by atoms with Gasteiger partial charge in [0.1, 0.15) is 5.75 Å². The van der Waals surface area contributed by atoms with Gasteiger partial charge in [0.25, 0.3) is 0 Å². The third-order valence-corrected chi connectivity index (χ3v) is 2.96. The first-order valence-corrected chi connectivity index (χ1v) is 6.22. The highest BCUT2D eigenvalue weighted by Gasteiger charge is 2.14. The van der Waals surface area contributed by atoms with E-state index in [9.17, 15) is 0 Å². The van der Waals surface area contributed by atoms with Crippen molar-refractivity contribution < 1.29 is 4.74 Å². The van der Waals surface area contributed by atoms with E-state index < -0.39 is 0 Å². The Morgan fingerprint density at radius 3 is 2.94 bits per heavy atom. The number of hydrogen-bond donors (Lipinski definition) is 2. The number of terminal acetylenes is 1. The number of benzene rings is 1. The average molecular weight is 297 g/mol. The fourth-order valence-corrected chi connectivity index (χ4v) is 2.00. The van der Waals surface area contributed by atoms with Gasteiger partial charge in [-0.05, 0) is 18.2 Å². The molecular weight excluding hydrogens is 280 g/mol. The molecule has 0 bridgehead atoms. The number of nitrogens with one attached hydrogen (secondary N) is 1. The van der Waals surface area contributed by atoms with Gasteiger partial charge in [-0.1, -0.05) is 15.9 Å². The zero-order chi connectivity index (χ0) is 12.7. The summed E-state index contributed by atoms with van der Waals surface area (Å²) in [6.45, 7) is 1.24. The van der Waals surface area contributed by atoms with Crippen LogP contribution in [0.3, 0.4) is 0 Å². The lowest BCUT2D eigenvalue weighted by Gasteiger charge is -2.19. The number of ether oxygens (including phenoxy) is 1. The Kier molecular flexibility index (Phi) is 6.06. The van der Waals surface area contributed by atoms with Crippen LogP contribution < -0.4 is 15.8 Å². The van der Waals surface area contributed by atoms with E-state index in [0.29, 0.717) is 13.0 Å². The van der Waals surface area contributed by atoms with Gasteiger partial charge in [-0.25, -0.2) is 0 Å². The van der Waals surface area contributed by atoms with Gasteiger partial charge in [0, 0.05) is 35.6 Å². The second-order valence-electron chi connectivity index (χ2n) is 3.58. The van der Waals surface area contributed by atoms with Gasteiger partial charge in [0.2, 0.25) is 0 Å². The minimum Gasteiger partial charge on any atom is -0.496 e. The molecule has 0 amide bonds. The summed E-state index contributed by atoms with van der Waals surface area (Å²) < 4.78 is 6.34. The van der Waals surface area contributed by atoms with Crippen molar-refractivity contribution in [1.82, 2.24) is 5.32 Å². The molecular formula is C13H17BrN2O. The van der Waals surface area contributed by atoms with Crippen LogP contribution in [0.4, 0.5) is 0 Å². The average Bonchev–Trinajstić information content (AvgIpc) is 2.35. The van der Waals surface area contributed by atoms with Crippen LogP contribution in [-0.2, 0) is 0 Å². The van der Waals surface area contributed by atoms with E-state index in [1.807, 2.05) is 18.2 Å². The molecule has 0 aliphatic rings. The molecule has 1 atom stereocenters. The van der Waals surface area contributed by atoms with Crippen molar-refractivity contribution >= 4 is 15.9 Å². The Morgan fingerprint density at radius 2 is 2.35 bits per heavy atom. The van der Waals surface area contributed by atoms with Crippen LogP contribution >= 0.6 is 15.9 Å². The first-order chi connectivity index (χ1) is 8.22. The molecule has 0 fully saturated rings. The summed E-state index contributed by atoms with van der Waals surface area (Å²) in [7, 11) is 1.65. The maximum absolute atomic E-state index is 5.78. The Labute approximate surface area is 111 Å². The van der Waals surface area contributed by atoms with Gasteiger partial charge in [0.15, 0.2) is 0 Å². The van der Waals surface area contributed by atoms with Crippen molar-refractivity contribution in [3.63, 3.8) is 0 Å². The highest BCUT2D eigenvalue weighted by molar-refractivity contribution is 9.10. The smallest absolute Gasteiger partial charge is 0.123 e. The minimum atomic E-state index is 0.0517. The van der Waals surface area contributed by atoms with Crippen molar-refractivity contribution in [2.45, 2.75) is 12.5 Å². The van der Waals surface area contributed by atoms with Crippen molar-refractivity contribution in [3.8, 4) is 18.1 Å². The van der Waals surface area contributed by atoms with Crippen LogP contribution in [0.1, 0.15) is 18.0 Å². The van der Waals surface area contributed by atoms with E-state index in [2.05, 4.69) is 27.2 Å². The Balaban J connectivity index is 2.86. The lowest BCUT2D eigenvalue weighted by Crippen LogP contribution is -2.29. The molecule has 0 saturated heterocycles. The van der Waals surface area contributed by atoms with Crippen molar-refractivity contribution in [2.24, 2.45) is 5.73 Å². The van der Waals surface area contributed by atoms with Crippen LogP contribution in [0.25, 0.3) is 0 Å². The van der Waals surface area contributed by atoms with Crippen LogP contribution in [0, 0.1) is 12.3 Å². The van der Waals surface area contributed by atoms with Crippen LogP contribution in [-0.4, -0.2) is 20.2 Å². The first-order valence-electron chi connectivity index (χ1n) is 5.43. The van der Waals surface area contributed by atoms with Gasteiger partial charge in [0.05, 0.1) is 7.11 Å². The van der Waals surface area contributed by atoms with E-state index in [4.69, 9.17) is 16.9 Å². The zero-order valence-electron chi connectivity index (χ0n) is 9.87. The highest BCUT2D eigenvalue weighted by Crippen LogP contribution is 2.28. The standard InChI is InChI=1S/C13H17BrN2O/c1-3-4-7-16-12(9-15)11-8-10(14)5-6-13(11)17-2/h1,5-6,8,12,16H,4,7,9,15H2,2H3. The van der Waals surface area contributed by atoms with E-state index in [1.165, 1.54) is 0 Å². The summed E-state index contributed by atoms with van der Waals surface area (Å²) in [5, 5.41) is 3.32. The van der Waals surface area contributed by atoms with Gasteiger partial charge in [-0.3, -0.25) is 0 Å². The summed E-state index contributed by atoms with van der Waals surface area (Å²) in [5.74, 6) is 3.43. The van der Waals surface area contributed by atoms with Crippen LogP contribution in [0.5, 0.6) is 5.75 Å². The fraction of sp³-hybridized carbons (Fsp3) is 0.385. The van der Waals surface area contributed by atoms with Gasteiger partial charge >= 0.3 is 0 Å². The highest BCUT2D eigenvalue weighted by atomic mass is 79.9. The largest absolute Gasteiger partial charge is 0.496 e. The lowest BCUT2D eigenvalue weighted by atomic mass is 10.1. The molecule has 1 unspecified atom stereocenters. The third-order valence-electron chi connectivity index (χ3n) is 2.46. The van der Waals surface area contributed by atoms with E-state index in [-0.39, 0.29) is 6.04 Å². The van der Waals surface area contributed by atoms with Gasteiger partial charge in [-0.15, -0.1) is 12.3 Å². The summed E-state index contributed by atoms with van der Waals surface area (Å²) in [6, 6.07) is 5.93. The summed E-state index contributed by atoms with van der Waals surface area (Å²) in [5.41, 5.74) is 6.82. The number of halogens is 1. The van der Waals surface area contributed by atoms with E-state index >= 15 is 0 Å². The van der Waals surface area contributed by atoms with Crippen LogP contribution in [0.15, 0.2) is 22.7 Å². The molecule has 1 aromatic carbocycles. The molecule has 0 radical (unpaired) electrons. The Hall–Kier alpha value is -1.02. The summed E-state index contributed by atoms with van der Waals surface area (Å²) in [4.78, 5) is 0. The van der Waals surface area contributed by atoms with Crippen LogP contribution in [0.2, 0.25) is 0 Å². The number of nitrogens with two attached hydrogens (primary N) is 1. The number of rotatable bonds is 6. The monoisotopic (exact) mass is 296 g/mol. The molecule has 92 valence electrons. The Bertz CT molecular complexity index is 401.